The number of methoxy groups -OCH3 is 1. The van der Waals surface area contributed by atoms with Crippen LogP contribution in [0.2, 0.25) is 0 Å². The number of aromatic nitrogens is 2. The van der Waals surface area contributed by atoms with Gasteiger partial charge in [0.05, 0.1) is 24.9 Å². The number of nitrogens with one attached hydrogen (secondary N) is 2. The fraction of sp³-hybridized carbons (Fsp3) is 0.346. The maximum absolute atomic E-state index is 13.0. The number of nitrogens with zero attached hydrogens (tertiary/aromatic N) is 2. The number of hydrogen-bond donors (Lipinski definition) is 2. The number of ether oxygens (including phenoxy) is 2. The van der Waals surface area contributed by atoms with Crippen LogP contribution in [-0.2, 0) is 33.9 Å². The molecule has 182 valence electrons. The van der Waals surface area contributed by atoms with Crippen LogP contribution < -0.4 is 10.1 Å². The first-order valence-corrected chi connectivity index (χ1v) is 11.7. The molecule has 0 saturated carbocycles. The molecule has 2 aliphatic rings. The third-order valence-electron chi connectivity index (χ3n) is 6.56. The summed E-state index contributed by atoms with van der Waals surface area (Å²) in [5.74, 6) is -0.318. The van der Waals surface area contributed by atoms with Gasteiger partial charge in [0.1, 0.15) is 18.4 Å². The van der Waals surface area contributed by atoms with E-state index < -0.39 is 11.9 Å². The molecule has 0 spiro atoms. The van der Waals surface area contributed by atoms with Gasteiger partial charge in [0.25, 0.3) is 5.91 Å². The van der Waals surface area contributed by atoms with E-state index in [1.807, 2.05) is 35.1 Å². The molecule has 1 fully saturated rings. The molecule has 3 amide bonds. The number of benzene rings is 2. The van der Waals surface area contributed by atoms with E-state index in [9.17, 15) is 14.4 Å². The molecule has 2 atom stereocenters. The maximum atomic E-state index is 13.0. The summed E-state index contributed by atoms with van der Waals surface area (Å²) in [6, 6.07) is 15.1. The van der Waals surface area contributed by atoms with E-state index in [-0.39, 0.29) is 30.8 Å². The summed E-state index contributed by atoms with van der Waals surface area (Å²) >= 11 is 0. The van der Waals surface area contributed by atoms with Crippen LogP contribution in [0.4, 0.5) is 0 Å². The topological polar surface area (TPSA) is 106 Å². The number of rotatable bonds is 9. The Kier molecular flexibility index (Phi) is 6.41. The highest BCUT2D eigenvalue weighted by Crippen LogP contribution is 2.34. The third-order valence-corrected chi connectivity index (χ3v) is 6.56. The summed E-state index contributed by atoms with van der Waals surface area (Å²) in [5, 5.41) is 5.66. The molecule has 9 heteroatoms. The van der Waals surface area contributed by atoms with Gasteiger partial charge in [0.15, 0.2) is 0 Å². The average molecular weight is 477 g/mol. The van der Waals surface area contributed by atoms with Crippen LogP contribution in [0.15, 0.2) is 54.7 Å². The van der Waals surface area contributed by atoms with Gasteiger partial charge in [-0.05, 0) is 30.5 Å². The molecule has 1 aromatic heterocycles. The Balaban J connectivity index is 1.23. The number of H-pyrrole nitrogens is 1. The Morgan fingerprint density at radius 1 is 1.09 bits per heavy atom. The zero-order valence-electron chi connectivity index (χ0n) is 19.5. The van der Waals surface area contributed by atoms with Gasteiger partial charge >= 0.3 is 0 Å². The molecular formula is C26H28N4O5. The summed E-state index contributed by atoms with van der Waals surface area (Å²) in [5.41, 5.74) is 3.45. The number of piperidine rings is 1. The van der Waals surface area contributed by atoms with Crippen molar-refractivity contribution in [3.63, 3.8) is 0 Å². The fourth-order valence-corrected chi connectivity index (χ4v) is 4.76. The van der Waals surface area contributed by atoms with Gasteiger partial charge in [-0.1, -0.05) is 36.4 Å². The molecule has 0 radical (unpaired) electrons. The minimum atomic E-state index is -0.646. The van der Waals surface area contributed by atoms with Crippen LogP contribution in [0.25, 0.3) is 0 Å². The van der Waals surface area contributed by atoms with E-state index in [2.05, 4.69) is 22.5 Å². The molecule has 1 saturated heterocycles. The van der Waals surface area contributed by atoms with Gasteiger partial charge in [0.2, 0.25) is 11.8 Å². The van der Waals surface area contributed by atoms with E-state index in [1.165, 1.54) is 10.5 Å². The summed E-state index contributed by atoms with van der Waals surface area (Å²) < 4.78 is 13.5. The van der Waals surface area contributed by atoms with Crippen LogP contribution in [0.3, 0.4) is 0 Å². The predicted molar refractivity (Wildman–Crippen MR) is 127 cm³/mol. The highest BCUT2D eigenvalue weighted by atomic mass is 16.5. The number of imide groups is 1. The summed E-state index contributed by atoms with van der Waals surface area (Å²) in [6.45, 7) is 1.18. The Morgan fingerprint density at radius 3 is 2.63 bits per heavy atom. The lowest BCUT2D eigenvalue weighted by Gasteiger charge is -2.29. The summed E-state index contributed by atoms with van der Waals surface area (Å²) in [4.78, 5) is 38.3. The number of carbonyl (C=O) groups is 3. The van der Waals surface area contributed by atoms with E-state index in [1.54, 1.807) is 19.2 Å². The Hall–Kier alpha value is -3.85. The maximum Gasteiger partial charge on any atom is 0.255 e. The Bertz CT molecular complexity index is 1220. The molecule has 5 rings (SSSR count). The van der Waals surface area contributed by atoms with Crippen LogP contribution in [0.5, 0.6) is 5.75 Å². The van der Waals surface area contributed by atoms with Gasteiger partial charge in [-0.2, -0.15) is 0 Å². The van der Waals surface area contributed by atoms with Crippen molar-refractivity contribution in [2.24, 2.45) is 0 Å². The van der Waals surface area contributed by atoms with E-state index in [0.29, 0.717) is 30.9 Å². The molecule has 0 bridgehead atoms. The zero-order valence-corrected chi connectivity index (χ0v) is 19.5. The molecule has 2 N–H and O–H groups in total. The molecule has 1 unspecified atom stereocenters. The molecule has 2 aromatic carbocycles. The van der Waals surface area contributed by atoms with Crippen LogP contribution in [-0.4, -0.2) is 52.2 Å². The monoisotopic (exact) mass is 476 g/mol. The van der Waals surface area contributed by atoms with Gasteiger partial charge in [-0.15, -0.1) is 0 Å². The first kappa shape index (κ1) is 22.9. The first-order valence-electron chi connectivity index (χ1n) is 11.7. The predicted octanol–water partition coefficient (Wildman–Crippen LogP) is 2.59. The highest BCUT2D eigenvalue weighted by molar-refractivity contribution is 6.05. The van der Waals surface area contributed by atoms with Crippen molar-refractivity contribution in [2.45, 2.75) is 44.5 Å². The van der Waals surface area contributed by atoms with E-state index in [0.717, 1.165) is 17.7 Å². The molecular weight excluding hydrogens is 448 g/mol. The second kappa shape index (κ2) is 9.79. The van der Waals surface area contributed by atoms with Gasteiger partial charge in [-0.25, -0.2) is 0 Å². The van der Waals surface area contributed by atoms with Crippen LogP contribution in [0, 0.1) is 0 Å². The van der Waals surface area contributed by atoms with Crippen molar-refractivity contribution in [1.29, 1.82) is 0 Å². The lowest BCUT2D eigenvalue weighted by atomic mass is 10.0. The van der Waals surface area contributed by atoms with Crippen molar-refractivity contribution >= 4 is 17.7 Å². The van der Waals surface area contributed by atoms with Crippen molar-refractivity contribution in [2.75, 3.05) is 13.7 Å². The Labute approximate surface area is 203 Å². The fourth-order valence-electron chi connectivity index (χ4n) is 4.76. The number of carbonyl (C=O) groups excluding carboxylic acids is 3. The normalized spacial score (nSPS) is 18.5. The Morgan fingerprint density at radius 2 is 1.89 bits per heavy atom. The summed E-state index contributed by atoms with van der Waals surface area (Å²) in [6.07, 6.45) is 3.41. The first-order chi connectivity index (χ1) is 17.0. The minimum absolute atomic E-state index is 0.145. The lowest BCUT2D eigenvalue weighted by Crippen LogP contribution is -2.52. The lowest BCUT2D eigenvalue weighted by molar-refractivity contribution is -0.136. The van der Waals surface area contributed by atoms with Crippen LogP contribution in [0.1, 0.15) is 46.1 Å². The molecule has 2 aliphatic heterocycles. The summed E-state index contributed by atoms with van der Waals surface area (Å²) in [7, 11) is 1.70. The molecule has 3 aromatic rings. The minimum Gasteiger partial charge on any atom is -0.487 e. The van der Waals surface area contributed by atoms with Crippen molar-refractivity contribution < 1.29 is 23.9 Å². The standard InChI is InChI=1S/C26H28N4O5/c1-34-16-19(12-17-6-3-2-4-7-17)30-13-18(28-30)15-35-23-9-5-8-20-21(23)14-29(26(20)33)22-10-11-24(31)27-25(22)32/h2-9,13,19,22,28H,10-12,14-16H2,1H3,(H,27,31,32)/t19-,22?/m1/s1. The second-order valence-electron chi connectivity index (χ2n) is 8.94. The number of amides is 3. The van der Waals surface area contributed by atoms with Crippen molar-refractivity contribution in [1.82, 2.24) is 20.0 Å². The van der Waals surface area contributed by atoms with E-state index in [4.69, 9.17) is 9.47 Å². The van der Waals surface area contributed by atoms with Gasteiger partial charge in [-0.3, -0.25) is 29.5 Å². The van der Waals surface area contributed by atoms with E-state index >= 15 is 0 Å². The second-order valence-corrected chi connectivity index (χ2v) is 8.94. The van der Waals surface area contributed by atoms with Crippen LogP contribution >= 0.6 is 0 Å². The smallest absolute Gasteiger partial charge is 0.255 e. The van der Waals surface area contributed by atoms with Gasteiger partial charge < -0.3 is 14.4 Å². The largest absolute Gasteiger partial charge is 0.487 e. The van der Waals surface area contributed by atoms with Crippen molar-refractivity contribution in [3.05, 3.63) is 77.1 Å². The number of aromatic amines is 1. The number of fused-ring (bicyclic) bond motifs is 1. The molecule has 35 heavy (non-hydrogen) atoms. The molecule has 3 heterocycles. The van der Waals surface area contributed by atoms with Crippen molar-refractivity contribution in [3.8, 4) is 5.75 Å². The SMILES string of the molecule is COC[C@@H](Cc1ccccc1)n1cc(COc2cccc3c2CN(C2CCC(=O)NC2=O)C3=O)[nH]1. The highest BCUT2D eigenvalue weighted by Gasteiger charge is 2.40. The van der Waals surface area contributed by atoms with Gasteiger partial charge in [0, 0.05) is 30.9 Å². The molecule has 0 aliphatic carbocycles. The molecule has 9 nitrogen and oxygen atoms in total. The average Bonchev–Trinajstić information content (AvgIpc) is 3.16. The number of hydrogen-bond acceptors (Lipinski definition) is 5. The zero-order chi connectivity index (χ0) is 24.4. The quantitative estimate of drug-likeness (QED) is 0.462. The third kappa shape index (κ3) is 4.72.